The van der Waals surface area contributed by atoms with E-state index in [1.165, 1.54) is 6.20 Å². The quantitative estimate of drug-likeness (QED) is 0.609. The Hall–Kier alpha value is -0.400. The molecule has 1 rings (SSSR count). The van der Waals surface area contributed by atoms with Gasteiger partial charge in [-0.05, 0) is 25.7 Å². The molecule has 0 fully saturated rings. The highest BCUT2D eigenvalue weighted by atomic mass is 79.9. The van der Waals surface area contributed by atoms with Crippen molar-refractivity contribution >= 4 is 26.0 Å². The van der Waals surface area contributed by atoms with Crippen LogP contribution in [0.5, 0.6) is 0 Å². The Morgan fingerprint density at radius 2 is 2.22 bits per heavy atom. The van der Waals surface area contributed by atoms with Crippen molar-refractivity contribution in [3.63, 3.8) is 0 Å². The molecule has 0 bridgehead atoms. The third-order valence-electron chi connectivity index (χ3n) is 2.79. The molecule has 104 valence electrons. The minimum Gasteiger partial charge on any atom is -0.337 e. The number of aromatic nitrogens is 2. The average molecular weight is 338 g/mol. The van der Waals surface area contributed by atoms with Crippen LogP contribution in [0, 0.1) is 12.8 Å². The highest BCUT2D eigenvalue weighted by molar-refractivity contribution is 9.09. The van der Waals surface area contributed by atoms with Gasteiger partial charge in [0.15, 0.2) is 5.03 Å². The number of nitrogens with zero attached hydrogens (tertiary/aromatic N) is 2. The number of aryl methyl sites for hydroxylation is 2. The summed E-state index contributed by atoms with van der Waals surface area (Å²) in [6.45, 7) is 4.36. The highest BCUT2D eigenvalue weighted by Crippen LogP contribution is 2.10. The van der Waals surface area contributed by atoms with Crippen molar-refractivity contribution in [2.24, 2.45) is 13.0 Å². The molecule has 0 aliphatic rings. The lowest BCUT2D eigenvalue weighted by atomic mass is 10.1. The number of halogens is 1. The van der Waals surface area contributed by atoms with Crippen LogP contribution in [-0.2, 0) is 17.1 Å². The summed E-state index contributed by atoms with van der Waals surface area (Å²) in [5.41, 5.74) is 0. The first-order valence-corrected chi connectivity index (χ1v) is 8.53. The number of imidazole rings is 1. The van der Waals surface area contributed by atoms with Gasteiger partial charge < -0.3 is 4.57 Å². The van der Waals surface area contributed by atoms with Crippen molar-refractivity contribution in [3.8, 4) is 0 Å². The van der Waals surface area contributed by atoms with Crippen molar-refractivity contribution < 1.29 is 8.42 Å². The zero-order valence-corrected chi connectivity index (χ0v) is 13.4. The smallest absolute Gasteiger partial charge is 0.259 e. The van der Waals surface area contributed by atoms with E-state index < -0.39 is 10.0 Å². The third-order valence-corrected chi connectivity index (χ3v) is 5.23. The maximum absolute atomic E-state index is 11.9. The van der Waals surface area contributed by atoms with E-state index in [1.807, 2.05) is 0 Å². The van der Waals surface area contributed by atoms with Gasteiger partial charge in [0.25, 0.3) is 10.0 Å². The molecule has 1 heterocycles. The predicted octanol–water partition coefficient (Wildman–Crippen LogP) is 1.82. The Bertz CT molecular complexity index is 465. The number of nitrogens with one attached hydrogen (secondary N) is 1. The second-order valence-corrected chi connectivity index (χ2v) is 6.90. The second-order valence-electron chi connectivity index (χ2n) is 4.54. The molecule has 1 atom stereocenters. The normalized spacial score (nSPS) is 13.8. The first-order chi connectivity index (χ1) is 8.36. The molecule has 1 aromatic rings. The summed E-state index contributed by atoms with van der Waals surface area (Å²) in [4.78, 5) is 4.02. The van der Waals surface area contributed by atoms with Gasteiger partial charge in [0.1, 0.15) is 5.82 Å². The number of rotatable bonds is 7. The third kappa shape index (κ3) is 4.37. The van der Waals surface area contributed by atoms with Gasteiger partial charge in [0, 0.05) is 25.1 Å². The molecule has 1 N–H and O–H groups in total. The van der Waals surface area contributed by atoms with Gasteiger partial charge in [0.05, 0.1) is 0 Å². The second kappa shape index (κ2) is 6.68. The molecular formula is C11H20BrN3O2S. The van der Waals surface area contributed by atoms with Crippen LogP contribution in [0.3, 0.4) is 0 Å². The van der Waals surface area contributed by atoms with Crippen LogP contribution < -0.4 is 4.72 Å². The molecule has 0 spiro atoms. The summed E-state index contributed by atoms with van der Waals surface area (Å²) < 4.78 is 28.1. The Morgan fingerprint density at radius 1 is 1.56 bits per heavy atom. The molecule has 0 aliphatic heterocycles. The Kier molecular flexibility index (Phi) is 5.81. The maximum atomic E-state index is 11.9. The van der Waals surface area contributed by atoms with Crippen molar-refractivity contribution in [1.82, 2.24) is 14.3 Å². The largest absolute Gasteiger partial charge is 0.337 e. The van der Waals surface area contributed by atoms with Crippen molar-refractivity contribution in [3.05, 3.63) is 12.0 Å². The van der Waals surface area contributed by atoms with E-state index in [-0.39, 0.29) is 5.03 Å². The average Bonchev–Trinajstić information content (AvgIpc) is 2.66. The zero-order valence-electron chi connectivity index (χ0n) is 11.0. The van der Waals surface area contributed by atoms with Crippen LogP contribution in [-0.4, -0.2) is 29.8 Å². The molecule has 0 radical (unpaired) electrons. The van der Waals surface area contributed by atoms with Gasteiger partial charge in [-0.3, -0.25) is 0 Å². The number of alkyl halides is 1. The molecule has 0 amide bonds. The molecular weight excluding hydrogens is 318 g/mol. The molecule has 0 saturated heterocycles. The number of sulfonamides is 1. The van der Waals surface area contributed by atoms with Crippen LogP contribution in [0.4, 0.5) is 0 Å². The zero-order chi connectivity index (χ0) is 13.8. The minimum absolute atomic E-state index is 0.0936. The van der Waals surface area contributed by atoms with Gasteiger partial charge >= 0.3 is 0 Å². The van der Waals surface area contributed by atoms with Crippen LogP contribution in [0.25, 0.3) is 0 Å². The van der Waals surface area contributed by atoms with Crippen LogP contribution >= 0.6 is 15.9 Å². The summed E-state index contributed by atoms with van der Waals surface area (Å²) in [7, 11) is -1.68. The van der Waals surface area contributed by atoms with E-state index in [1.54, 1.807) is 18.5 Å². The maximum Gasteiger partial charge on any atom is 0.259 e. The minimum atomic E-state index is -3.46. The van der Waals surface area contributed by atoms with Gasteiger partial charge in [-0.2, -0.15) is 0 Å². The topological polar surface area (TPSA) is 64.0 Å². The summed E-state index contributed by atoms with van der Waals surface area (Å²) >= 11 is 3.40. The summed E-state index contributed by atoms with van der Waals surface area (Å²) in [5.74, 6) is 1.25. The number of hydrogen-bond donors (Lipinski definition) is 1. The number of hydrogen-bond acceptors (Lipinski definition) is 3. The molecule has 7 heteroatoms. The van der Waals surface area contributed by atoms with Gasteiger partial charge in [0.2, 0.25) is 0 Å². The highest BCUT2D eigenvalue weighted by Gasteiger charge is 2.17. The van der Waals surface area contributed by atoms with Gasteiger partial charge in [-0.15, -0.1) is 0 Å². The standard InChI is InChI=1S/C11H20BrN3O2S/c1-9(7-12)5-4-6-13-18(16,17)11-8-15(3)10(2)14-11/h8-9,13H,4-7H2,1-3H3. The molecule has 1 unspecified atom stereocenters. The lowest BCUT2D eigenvalue weighted by Crippen LogP contribution is -2.25. The van der Waals surface area contributed by atoms with Crippen molar-refractivity contribution in [1.29, 1.82) is 0 Å². The molecule has 18 heavy (non-hydrogen) atoms. The van der Waals surface area contributed by atoms with E-state index in [4.69, 9.17) is 0 Å². The van der Waals surface area contributed by atoms with E-state index in [0.717, 1.165) is 18.2 Å². The van der Waals surface area contributed by atoms with E-state index in [0.29, 0.717) is 18.3 Å². The fourth-order valence-corrected chi connectivity index (χ4v) is 2.90. The van der Waals surface area contributed by atoms with Crippen LogP contribution in [0.15, 0.2) is 11.2 Å². The summed E-state index contributed by atoms with van der Waals surface area (Å²) in [5, 5.41) is 1.04. The van der Waals surface area contributed by atoms with Gasteiger partial charge in [-0.1, -0.05) is 22.9 Å². The molecule has 0 aromatic carbocycles. The van der Waals surface area contributed by atoms with E-state index in [9.17, 15) is 8.42 Å². The fraction of sp³-hybridized carbons (Fsp3) is 0.727. The molecule has 0 saturated carbocycles. The fourth-order valence-electron chi connectivity index (χ4n) is 1.46. The van der Waals surface area contributed by atoms with Crippen LogP contribution in [0.2, 0.25) is 0 Å². The Labute approximate surface area is 117 Å². The lowest BCUT2D eigenvalue weighted by molar-refractivity contribution is 0.545. The first-order valence-electron chi connectivity index (χ1n) is 5.92. The van der Waals surface area contributed by atoms with E-state index in [2.05, 4.69) is 32.6 Å². The first kappa shape index (κ1) is 15.7. The van der Waals surface area contributed by atoms with Crippen LogP contribution in [0.1, 0.15) is 25.6 Å². The Balaban J connectivity index is 2.50. The van der Waals surface area contributed by atoms with Gasteiger partial charge in [-0.25, -0.2) is 18.1 Å². The SMILES string of the molecule is Cc1nc(S(=O)(=O)NCCCC(C)CBr)cn1C. The molecule has 5 nitrogen and oxygen atoms in total. The molecule has 0 aliphatic carbocycles. The van der Waals surface area contributed by atoms with E-state index >= 15 is 0 Å². The van der Waals surface area contributed by atoms with Crippen molar-refractivity contribution in [2.45, 2.75) is 31.7 Å². The predicted molar refractivity (Wildman–Crippen MR) is 75.3 cm³/mol. The monoisotopic (exact) mass is 337 g/mol. The van der Waals surface area contributed by atoms with Crippen molar-refractivity contribution in [2.75, 3.05) is 11.9 Å². The Morgan fingerprint density at radius 3 is 2.72 bits per heavy atom. The molecule has 1 aromatic heterocycles. The summed E-state index contributed by atoms with van der Waals surface area (Å²) in [6, 6.07) is 0. The summed E-state index contributed by atoms with van der Waals surface area (Å²) in [6.07, 6.45) is 3.35. The lowest BCUT2D eigenvalue weighted by Gasteiger charge is -2.07.